The van der Waals surface area contributed by atoms with Gasteiger partial charge in [0.2, 0.25) is 0 Å². The van der Waals surface area contributed by atoms with Gasteiger partial charge in [-0.25, -0.2) is 4.79 Å². The van der Waals surface area contributed by atoms with Crippen LogP contribution in [0.1, 0.15) is 73.6 Å². The van der Waals surface area contributed by atoms with E-state index in [9.17, 15) is 4.79 Å². The van der Waals surface area contributed by atoms with E-state index in [0.717, 1.165) is 24.3 Å². The molecule has 0 fully saturated rings. The molecule has 0 spiro atoms. The Morgan fingerprint density at radius 3 is 2.23 bits per heavy atom. The van der Waals surface area contributed by atoms with E-state index in [4.69, 9.17) is 4.74 Å². The van der Waals surface area contributed by atoms with Gasteiger partial charge in [0.05, 0.1) is 6.61 Å². The fourth-order valence-corrected chi connectivity index (χ4v) is 2.15. The van der Waals surface area contributed by atoms with Crippen molar-refractivity contribution in [3.8, 4) is 0 Å². The normalized spacial score (nSPS) is 14.1. The van der Waals surface area contributed by atoms with E-state index in [1.165, 1.54) is 19.3 Å². The van der Waals surface area contributed by atoms with Crippen molar-refractivity contribution in [2.75, 3.05) is 6.61 Å². The molecule has 0 radical (unpaired) electrons. The van der Waals surface area contributed by atoms with Crippen molar-refractivity contribution in [3.05, 3.63) is 23.8 Å². The van der Waals surface area contributed by atoms with E-state index in [1.807, 2.05) is 13.0 Å². The largest absolute Gasteiger partial charge is 0.463 e. The molecule has 1 atom stereocenters. The SMILES string of the molecule is CC(/C=C/CC(C)CCCC(C)C)=C\C(=O)OCCC(C)C. The Bertz CT molecular complexity index is 351. The van der Waals surface area contributed by atoms with Crippen LogP contribution >= 0.6 is 0 Å². The molecule has 2 nitrogen and oxygen atoms in total. The molecule has 0 saturated carbocycles. The Hall–Kier alpha value is -1.05. The molecule has 22 heavy (non-hydrogen) atoms. The Kier molecular flexibility index (Phi) is 11.9. The molecule has 0 aromatic rings. The van der Waals surface area contributed by atoms with E-state index in [2.05, 4.69) is 40.7 Å². The Morgan fingerprint density at radius 2 is 1.64 bits per heavy atom. The van der Waals surface area contributed by atoms with Gasteiger partial charge in [0, 0.05) is 6.08 Å². The van der Waals surface area contributed by atoms with Crippen molar-refractivity contribution in [3.63, 3.8) is 0 Å². The summed E-state index contributed by atoms with van der Waals surface area (Å²) in [6.45, 7) is 13.6. The summed E-state index contributed by atoms with van der Waals surface area (Å²) < 4.78 is 5.18. The number of hydrogen-bond acceptors (Lipinski definition) is 2. The lowest BCUT2D eigenvalue weighted by atomic mass is 9.97. The summed E-state index contributed by atoms with van der Waals surface area (Å²) in [5.74, 6) is 1.85. The zero-order valence-electron chi connectivity index (χ0n) is 15.5. The number of ether oxygens (including phenoxy) is 1. The second kappa shape index (κ2) is 12.5. The maximum atomic E-state index is 11.6. The highest BCUT2D eigenvalue weighted by atomic mass is 16.5. The highest BCUT2D eigenvalue weighted by Gasteiger charge is 2.02. The van der Waals surface area contributed by atoms with Crippen LogP contribution in [0.5, 0.6) is 0 Å². The van der Waals surface area contributed by atoms with Gasteiger partial charge in [-0.05, 0) is 43.1 Å². The minimum absolute atomic E-state index is 0.229. The fraction of sp³-hybridized carbons (Fsp3) is 0.750. The zero-order chi connectivity index (χ0) is 17.0. The van der Waals surface area contributed by atoms with Gasteiger partial charge in [0.15, 0.2) is 0 Å². The minimum atomic E-state index is -0.229. The van der Waals surface area contributed by atoms with E-state index < -0.39 is 0 Å². The molecule has 0 aromatic heterocycles. The molecule has 0 saturated heterocycles. The maximum Gasteiger partial charge on any atom is 0.331 e. The second-order valence-corrected chi connectivity index (χ2v) is 7.31. The summed E-state index contributed by atoms with van der Waals surface area (Å²) >= 11 is 0. The first-order valence-corrected chi connectivity index (χ1v) is 8.82. The molecule has 0 aliphatic rings. The predicted molar refractivity (Wildman–Crippen MR) is 95.8 cm³/mol. The lowest BCUT2D eigenvalue weighted by molar-refractivity contribution is -0.138. The van der Waals surface area contributed by atoms with E-state index in [0.29, 0.717) is 18.4 Å². The topological polar surface area (TPSA) is 26.3 Å². The van der Waals surface area contributed by atoms with Crippen LogP contribution in [0.2, 0.25) is 0 Å². The van der Waals surface area contributed by atoms with Gasteiger partial charge in [-0.1, -0.05) is 66.0 Å². The van der Waals surface area contributed by atoms with Crippen LogP contribution in [-0.4, -0.2) is 12.6 Å². The van der Waals surface area contributed by atoms with Gasteiger partial charge in [0.25, 0.3) is 0 Å². The van der Waals surface area contributed by atoms with E-state index in [-0.39, 0.29) is 5.97 Å². The standard InChI is InChI=1S/C20H36O2/c1-16(2)9-7-10-18(5)11-8-12-19(6)15-20(21)22-14-13-17(3)4/h8,12,15-18H,7,9-11,13-14H2,1-6H3/b12-8+,19-15+. The molecular weight excluding hydrogens is 272 g/mol. The molecule has 0 N–H and O–H groups in total. The van der Waals surface area contributed by atoms with E-state index in [1.54, 1.807) is 6.08 Å². The minimum Gasteiger partial charge on any atom is -0.463 e. The van der Waals surface area contributed by atoms with Crippen molar-refractivity contribution in [1.29, 1.82) is 0 Å². The van der Waals surface area contributed by atoms with Gasteiger partial charge in [-0.15, -0.1) is 0 Å². The van der Waals surface area contributed by atoms with Crippen LogP contribution in [-0.2, 0) is 9.53 Å². The van der Waals surface area contributed by atoms with Crippen LogP contribution in [0.4, 0.5) is 0 Å². The first-order chi connectivity index (χ1) is 10.3. The summed E-state index contributed by atoms with van der Waals surface area (Å²) in [6.07, 6.45) is 11.7. The Morgan fingerprint density at radius 1 is 1.00 bits per heavy atom. The molecule has 0 aliphatic carbocycles. The van der Waals surface area contributed by atoms with Crippen LogP contribution < -0.4 is 0 Å². The lowest BCUT2D eigenvalue weighted by Crippen LogP contribution is -2.05. The summed E-state index contributed by atoms with van der Waals surface area (Å²) in [7, 11) is 0. The van der Waals surface area contributed by atoms with Gasteiger partial charge >= 0.3 is 5.97 Å². The van der Waals surface area contributed by atoms with Crippen molar-refractivity contribution in [1.82, 2.24) is 0 Å². The third-order valence-corrected chi connectivity index (χ3v) is 3.68. The molecule has 0 heterocycles. The summed E-state index contributed by atoms with van der Waals surface area (Å²) in [4.78, 5) is 11.6. The molecule has 0 amide bonds. The summed E-state index contributed by atoms with van der Waals surface area (Å²) in [5.41, 5.74) is 0.962. The number of allylic oxidation sites excluding steroid dienone is 3. The van der Waals surface area contributed by atoms with Crippen molar-refractivity contribution >= 4 is 5.97 Å². The Balaban J connectivity index is 3.94. The number of esters is 1. The average molecular weight is 309 g/mol. The quantitative estimate of drug-likeness (QED) is 0.268. The Labute approximate surface area is 138 Å². The van der Waals surface area contributed by atoms with Crippen LogP contribution in [0.25, 0.3) is 0 Å². The highest BCUT2D eigenvalue weighted by molar-refractivity contribution is 5.83. The van der Waals surface area contributed by atoms with E-state index >= 15 is 0 Å². The van der Waals surface area contributed by atoms with Crippen LogP contribution in [0.3, 0.4) is 0 Å². The van der Waals surface area contributed by atoms with Crippen LogP contribution in [0, 0.1) is 17.8 Å². The number of rotatable bonds is 11. The molecule has 0 bridgehead atoms. The summed E-state index contributed by atoms with van der Waals surface area (Å²) in [6, 6.07) is 0. The van der Waals surface area contributed by atoms with Crippen molar-refractivity contribution < 1.29 is 9.53 Å². The molecule has 0 aromatic carbocycles. The third-order valence-electron chi connectivity index (χ3n) is 3.68. The van der Waals surface area contributed by atoms with Gasteiger partial charge < -0.3 is 4.74 Å². The lowest BCUT2D eigenvalue weighted by Gasteiger charge is -2.09. The predicted octanol–water partition coefficient (Wildman–Crippen LogP) is 5.93. The average Bonchev–Trinajstić information content (AvgIpc) is 2.37. The number of carbonyl (C=O) groups excluding carboxylic acids is 1. The zero-order valence-corrected chi connectivity index (χ0v) is 15.5. The molecule has 0 aliphatic heterocycles. The maximum absolute atomic E-state index is 11.6. The number of hydrogen-bond donors (Lipinski definition) is 0. The van der Waals surface area contributed by atoms with Crippen molar-refractivity contribution in [2.24, 2.45) is 17.8 Å². The molecular formula is C20H36O2. The number of carbonyl (C=O) groups is 1. The molecule has 128 valence electrons. The summed E-state index contributed by atoms with van der Waals surface area (Å²) in [5, 5.41) is 0. The van der Waals surface area contributed by atoms with Gasteiger partial charge in [-0.3, -0.25) is 0 Å². The van der Waals surface area contributed by atoms with Crippen molar-refractivity contribution in [2.45, 2.75) is 73.6 Å². The second-order valence-electron chi connectivity index (χ2n) is 7.31. The smallest absolute Gasteiger partial charge is 0.331 e. The van der Waals surface area contributed by atoms with Crippen LogP contribution in [0.15, 0.2) is 23.8 Å². The fourth-order valence-electron chi connectivity index (χ4n) is 2.15. The van der Waals surface area contributed by atoms with Gasteiger partial charge in [-0.2, -0.15) is 0 Å². The first-order valence-electron chi connectivity index (χ1n) is 8.82. The monoisotopic (exact) mass is 308 g/mol. The molecule has 0 rings (SSSR count). The van der Waals surface area contributed by atoms with Gasteiger partial charge in [0.1, 0.15) is 0 Å². The first kappa shape index (κ1) is 20.9. The molecule has 1 unspecified atom stereocenters. The molecule has 2 heteroatoms. The highest BCUT2D eigenvalue weighted by Crippen LogP contribution is 2.16. The third kappa shape index (κ3) is 13.9.